The number of amides is 1. The summed E-state index contributed by atoms with van der Waals surface area (Å²) in [6.45, 7) is 6.95. The van der Waals surface area contributed by atoms with Gasteiger partial charge in [-0.05, 0) is 36.6 Å². The van der Waals surface area contributed by atoms with Crippen molar-refractivity contribution in [2.45, 2.75) is 39.4 Å². The smallest absolute Gasteiger partial charge is 0.223 e. The molecular weight excluding hydrogens is 437 g/mol. The van der Waals surface area contributed by atoms with Gasteiger partial charge in [-0.3, -0.25) is 9.78 Å². The Bertz CT molecular complexity index is 1010. The summed E-state index contributed by atoms with van der Waals surface area (Å²) < 4.78 is 5.40. The van der Waals surface area contributed by atoms with E-state index in [-0.39, 0.29) is 18.3 Å². The van der Waals surface area contributed by atoms with Gasteiger partial charge in [0.15, 0.2) is 5.75 Å². The van der Waals surface area contributed by atoms with Crippen LogP contribution in [-0.2, 0) is 30.8 Å². The van der Waals surface area contributed by atoms with Crippen LogP contribution in [0.25, 0.3) is 0 Å². The normalized spacial score (nSPS) is 17.5. The predicted molar refractivity (Wildman–Crippen MR) is 122 cm³/mol. The lowest BCUT2D eigenvalue weighted by atomic mass is 9.94. The lowest BCUT2D eigenvalue weighted by molar-refractivity contribution is -0.133. The number of pyridine rings is 2. The number of carbonyl (C=O) groups is 1. The Morgan fingerprint density at radius 3 is 2.87 bits per heavy atom. The summed E-state index contributed by atoms with van der Waals surface area (Å²) in [7, 11) is 1.63. The molecule has 0 radical (unpaired) electrons. The standard InChI is InChI=1S/C22H26ClN5O2.ClH/c1-13-16-7-24-4-3-15(16)17-11-28(12-18(17)26-13)22(29)5-14-9-27(10-14)19-6-21(23)25-8-20(19)30-2;/h6,8,14,24H,3-5,7,9-12H2,1-2H3;1H. The fourth-order valence-electron chi connectivity index (χ4n) is 4.88. The number of fused-ring (bicyclic) bond motifs is 3. The highest BCUT2D eigenvalue weighted by Gasteiger charge is 2.35. The highest BCUT2D eigenvalue weighted by atomic mass is 35.5. The first-order chi connectivity index (χ1) is 14.5. The Morgan fingerprint density at radius 2 is 2.10 bits per heavy atom. The van der Waals surface area contributed by atoms with Crippen LogP contribution in [0.1, 0.15) is 34.5 Å². The van der Waals surface area contributed by atoms with E-state index < -0.39 is 0 Å². The zero-order chi connectivity index (χ0) is 20.8. The summed E-state index contributed by atoms with van der Waals surface area (Å²) in [5.41, 5.74) is 7.17. The zero-order valence-electron chi connectivity index (χ0n) is 17.8. The molecule has 2 aromatic heterocycles. The van der Waals surface area contributed by atoms with Gasteiger partial charge in [-0.15, -0.1) is 12.4 Å². The van der Waals surface area contributed by atoms with Gasteiger partial charge in [0.2, 0.25) is 5.91 Å². The van der Waals surface area contributed by atoms with Gasteiger partial charge in [0.05, 0.1) is 31.2 Å². The third-order valence-electron chi connectivity index (χ3n) is 6.51. The molecule has 1 fully saturated rings. The second kappa shape index (κ2) is 8.81. The molecule has 2 aromatic rings. The lowest BCUT2D eigenvalue weighted by Gasteiger charge is -2.41. The summed E-state index contributed by atoms with van der Waals surface area (Å²) in [4.78, 5) is 26.1. The highest BCUT2D eigenvalue weighted by molar-refractivity contribution is 6.29. The van der Waals surface area contributed by atoms with E-state index >= 15 is 0 Å². The molecule has 0 aliphatic carbocycles. The molecule has 166 valence electrons. The SMILES string of the molecule is COc1cnc(Cl)cc1N1CC(CC(=O)N2Cc3nc(C)c4c(c3C2)CCNC4)C1.Cl. The zero-order valence-corrected chi connectivity index (χ0v) is 19.4. The van der Waals surface area contributed by atoms with Crippen molar-refractivity contribution < 1.29 is 9.53 Å². The van der Waals surface area contributed by atoms with Gasteiger partial charge in [0.1, 0.15) is 5.15 Å². The molecule has 1 saturated heterocycles. The van der Waals surface area contributed by atoms with Crippen molar-refractivity contribution in [2.75, 3.05) is 31.6 Å². The van der Waals surface area contributed by atoms with E-state index in [1.807, 2.05) is 11.0 Å². The Balaban J connectivity index is 0.00000231. The van der Waals surface area contributed by atoms with Gasteiger partial charge >= 0.3 is 0 Å². The first-order valence-corrected chi connectivity index (χ1v) is 10.8. The van der Waals surface area contributed by atoms with Gasteiger partial charge in [0, 0.05) is 50.3 Å². The van der Waals surface area contributed by atoms with Crippen molar-refractivity contribution in [3.63, 3.8) is 0 Å². The molecular formula is C22H27Cl2N5O2. The molecule has 0 saturated carbocycles. The van der Waals surface area contributed by atoms with Crippen molar-refractivity contribution in [3.8, 4) is 5.75 Å². The van der Waals surface area contributed by atoms with E-state index in [4.69, 9.17) is 21.3 Å². The van der Waals surface area contributed by atoms with E-state index in [0.717, 1.165) is 49.7 Å². The highest BCUT2D eigenvalue weighted by Crippen LogP contribution is 2.36. The maximum Gasteiger partial charge on any atom is 0.223 e. The second-order valence-electron chi connectivity index (χ2n) is 8.41. The van der Waals surface area contributed by atoms with E-state index in [2.05, 4.69) is 22.1 Å². The third-order valence-corrected chi connectivity index (χ3v) is 6.71. The van der Waals surface area contributed by atoms with E-state index in [0.29, 0.717) is 36.3 Å². The van der Waals surface area contributed by atoms with Gasteiger partial charge in [0.25, 0.3) is 0 Å². The number of hydrogen-bond acceptors (Lipinski definition) is 6. The quantitative estimate of drug-likeness (QED) is 0.702. The largest absolute Gasteiger partial charge is 0.493 e. The number of rotatable bonds is 4. The van der Waals surface area contributed by atoms with Crippen LogP contribution in [0.2, 0.25) is 5.15 Å². The van der Waals surface area contributed by atoms with Crippen molar-refractivity contribution in [3.05, 3.63) is 45.5 Å². The molecule has 0 aromatic carbocycles. The van der Waals surface area contributed by atoms with Crippen LogP contribution in [0.4, 0.5) is 5.69 Å². The van der Waals surface area contributed by atoms with E-state index in [1.165, 1.54) is 16.7 Å². The molecule has 7 nitrogen and oxygen atoms in total. The van der Waals surface area contributed by atoms with Gasteiger partial charge in [-0.2, -0.15) is 0 Å². The van der Waals surface area contributed by atoms with Crippen LogP contribution < -0.4 is 15.0 Å². The topological polar surface area (TPSA) is 70.6 Å². The fraction of sp³-hybridized carbons (Fsp3) is 0.500. The average Bonchev–Trinajstić information content (AvgIpc) is 3.15. The van der Waals surface area contributed by atoms with Crippen LogP contribution in [0.15, 0.2) is 12.3 Å². The van der Waals surface area contributed by atoms with Gasteiger partial charge < -0.3 is 19.9 Å². The lowest BCUT2D eigenvalue weighted by Crippen LogP contribution is -2.48. The van der Waals surface area contributed by atoms with Crippen molar-refractivity contribution in [1.29, 1.82) is 0 Å². The van der Waals surface area contributed by atoms with Crippen molar-refractivity contribution in [1.82, 2.24) is 20.2 Å². The molecule has 5 heterocycles. The number of hydrogen-bond donors (Lipinski definition) is 1. The van der Waals surface area contributed by atoms with E-state index in [9.17, 15) is 4.79 Å². The van der Waals surface area contributed by atoms with Crippen LogP contribution >= 0.6 is 24.0 Å². The Morgan fingerprint density at radius 1 is 1.29 bits per heavy atom. The monoisotopic (exact) mass is 463 g/mol. The molecule has 0 atom stereocenters. The fourth-order valence-corrected chi connectivity index (χ4v) is 5.03. The molecule has 5 rings (SSSR count). The molecule has 31 heavy (non-hydrogen) atoms. The summed E-state index contributed by atoms with van der Waals surface area (Å²) in [6.07, 6.45) is 3.23. The molecule has 3 aliphatic rings. The van der Waals surface area contributed by atoms with Crippen LogP contribution in [0.3, 0.4) is 0 Å². The molecule has 0 unspecified atom stereocenters. The number of halogens is 2. The Labute approximate surface area is 193 Å². The van der Waals surface area contributed by atoms with Gasteiger partial charge in [-0.1, -0.05) is 11.6 Å². The van der Waals surface area contributed by atoms with Crippen LogP contribution in [-0.4, -0.2) is 47.5 Å². The minimum atomic E-state index is 0. The molecule has 0 bridgehead atoms. The number of nitrogens with one attached hydrogen (secondary N) is 1. The number of aromatic nitrogens is 2. The summed E-state index contributed by atoms with van der Waals surface area (Å²) in [5, 5.41) is 3.88. The molecule has 1 amide bonds. The summed E-state index contributed by atoms with van der Waals surface area (Å²) in [5.74, 6) is 1.27. The van der Waals surface area contributed by atoms with Gasteiger partial charge in [-0.25, -0.2) is 4.98 Å². The Hall–Kier alpha value is -2.09. The Kier molecular flexibility index (Phi) is 6.28. The number of anilines is 1. The third kappa shape index (κ3) is 4.06. The van der Waals surface area contributed by atoms with Crippen LogP contribution in [0.5, 0.6) is 5.75 Å². The number of nitrogens with zero attached hydrogens (tertiary/aromatic N) is 4. The number of aryl methyl sites for hydroxylation is 1. The number of carbonyl (C=O) groups excluding carboxylic acids is 1. The number of methoxy groups -OCH3 is 1. The molecule has 3 aliphatic heterocycles. The minimum Gasteiger partial charge on any atom is -0.493 e. The van der Waals surface area contributed by atoms with Crippen molar-refractivity contribution >= 4 is 35.6 Å². The van der Waals surface area contributed by atoms with E-state index in [1.54, 1.807) is 13.3 Å². The summed E-state index contributed by atoms with van der Waals surface area (Å²) in [6, 6.07) is 1.82. The van der Waals surface area contributed by atoms with Crippen molar-refractivity contribution in [2.24, 2.45) is 5.92 Å². The minimum absolute atomic E-state index is 0. The number of ether oxygens (including phenoxy) is 1. The second-order valence-corrected chi connectivity index (χ2v) is 8.80. The molecule has 0 spiro atoms. The maximum atomic E-state index is 13.0. The first-order valence-electron chi connectivity index (χ1n) is 10.5. The molecule has 1 N–H and O–H groups in total. The molecule has 9 heteroatoms. The average molecular weight is 464 g/mol. The first kappa shape index (κ1) is 22.1. The van der Waals surface area contributed by atoms with Crippen LogP contribution in [0, 0.1) is 12.8 Å². The predicted octanol–water partition coefficient (Wildman–Crippen LogP) is 2.88. The summed E-state index contributed by atoms with van der Waals surface area (Å²) >= 11 is 6.05. The maximum absolute atomic E-state index is 13.0.